The summed E-state index contributed by atoms with van der Waals surface area (Å²) in [4.78, 5) is 12.3. The lowest BCUT2D eigenvalue weighted by Crippen LogP contribution is -1.90. The number of rotatable bonds is 4. The largest absolute Gasteiger partial charge is 0.436 e. The van der Waals surface area contributed by atoms with E-state index >= 15 is 0 Å². The third-order valence-electron chi connectivity index (χ3n) is 3.64. The van der Waals surface area contributed by atoms with E-state index in [0.717, 1.165) is 39.9 Å². The van der Waals surface area contributed by atoms with Crippen molar-refractivity contribution >= 4 is 22.1 Å². The van der Waals surface area contributed by atoms with Crippen molar-refractivity contribution in [1.82, 2.24) is 15.0 Å². The molecule has 0 saturated heterocycles. The second-order valence-corrected chi connectivity index (χ2v) is 5.23. The molecule has 5 heteroatoms. The highest BCUT2D eigenvalue weighted by Gasteiger charge is 2.10. The molecule has 0 aliphatic carbocycles. The fourth-order valence-electron chi connectivity index (χ4n) is 2.56. The van der Waals surface area contributed by atoms with Gasteiger partial charge in [0.2, 0.25) is 5.89 Å². The first-order chi connectivity index (χ1) is 10.8. The zero-order valence-electron chi connectivity index (χ0n) is 11.9. The summed E-state index contributed by atoms with van der Waals surface area (Å²) in [6.07, 6.45) is 1.45. The average Bonchev–Trinajstić information content (AvgIpc) is 3.15. The molecule has 22 heavy (non-hydrogen) atoms. The lowest BCUT2D eigenvalue weighted by molar-refractivity contribution is 0.287. The van der Waals surface area contributed by atoms with Gasteiger partial charge in [-0.1, -0.05) is 12.1 Å². The van der Waals surface area contributed by atoms with E-state index in [9.17, 15) is 0 Å². The van der Waals surface area contributed by atoms with Crippen molar-refractivity contribution in [3.63, 3.8) is 0 Å². The zero-order valence-corrected chi connectivity index (χ0v) is 11.9. The molecule has 0 aliphatic rings. The van der Waals surface area contributed by atoms with Crippen LogP contribution in [0.4, 0.5) is 0 Å². The minimum Gasteiger partial charge on any atom is -0.436 e. The van der Waals surface area contributed by atoms with Crippen molar-refractivity contribution in [2.24, 2.45) is 0 Å². The second-order valence-electron chi connectivity index (χ2n) is 5.23. The Morgan fingerprint density at radius 1 is 1.05 bits per heavy atom. The van der Waals surface area contributed by atoms with Crippen LogP contribution in [0.2, 0.25) is 0 Å². The predicted molar refractivity (Wildman–Crippen MR) is 84.5 cm³/mol. The molecule has 110 valence electrons. The number of para-hydroxylation sites is 2. The molecule has 0 fully saturated rings. The second kappa shape index (κ2) is 5.27. The molecule has 0 radical (unpaired) electrons. The van der Waals surface area contributed by atoms with Gasteiger partial charge in [0.05, 0.1) is 11.0 Å². The first-order valence-electron chi connectivity index (χ1n) is 7.29. The highest BCUT2D eigenvalue weighted by atomic mass is 16.3. The summed E-state index contributed by atoms with van der Waals surface area (Å²) in [5, 5.41) is 8.90. The average molecular weight is 293 g/mol. The third kappa shape index (κ3) is 2.25. The maximum atomic E-state index is 8.90. The molecule has 0 aliphatic heterocycles. The number of aromatic nitrogens is 3. The van der Waals surface area contributed by atoms with Gasteiger partial charge >= 0.3 is 0 Å². The standard InChI is InChI=1S/C17H15N3O2/c21-9-3-6-16-18-12-8-7-11(10-14(12)19-16)17-20-13-4-1-2-5-15(13)22-17/h1-2,4-5,7-8,10,21H,3,6,9H2,(H,18,19). The maximum Gasteiger partial charge on any atom is 0.227 e. The summed E-state index contributed by atoms with van der Waals surface area (Å²) in [5.41, 5.74) is 4.42. The monoisotopic (exact) mass is 293 g/mol. The van der Waals surface area contributed by atoms with E-state index in [1.807, 2.05) is 42.5 Å². The minimum atomic E-state index is 0.172. The number of nitrogens with one attached hydrogen (secondary N) is 1. The van der Waals surface area contributed by atoms with Crippen molar-refractivity contribution < 1.29 is 9.52 Å². The van der Waals surface area contributed by atoms with Gasteiger partial charge in [0.15, 0.2) is 5.58 Å². The van der Waals surface area contributed by atoms with Crippen LogP contribution in [0.25, 0.3) is 33.6 Å². The Morgan fingerprint density at radius 2 is 1.95 bits per heavy atom. The van der Waals surface area contributed by atoms with E-state index in [1.54, 1.807) is 0 Å². The van der Waals surface area contributed by atoms with Crippen LogP contribution >= 0.6 is 0 Å². The van der Waals surface area contributed by atoms with Crippen molar-refractivity contribution in [1.29, 1.82) is 0 Å². The molecule has 0 atom stereocenters. The summed E-state index contributed by atoms with van der Waals surface area (Å²) in [5.74, 6) is 1.49. The molecule has 0 amide bonds. The first kappa shape index (κ1) is 13.0. The van der Waals surface area contributed by atoms with E-state index in [0.29, 0.717) is 12.3 Å². The summed E-state index contributed by atoms with van der Waals surface area (Å²) in [6.45, 7) is 0.172. The quantitative estimate of drug-likeness (QED) is 0.605. The number of hydrogen-bond donors (Lipinski definition) is 2. The van der Waals surface area contributed by atoms with Crippen LogP contribution in [-0.2, 0) is 6.42 Å². The van der Waals surface area contributed by atoms with E-state index in [2.05, 4.69) is 15.0 Å². The first-order valence-corrected chi connectivity index (χ1v) is 7.29. The predicted octanol–water partition coefficient (Wildman–Crippen LogP) is 3.30. The number of aliphatic hydroxyl groups is 1. The molecule has 5 nitrogen and oxygen atoms in total. The molecule has 0 spiro atoms. The van der Waals surface area contributed by atoms with Crippen LogP contribution in [0, 0.1) is 0 Å². The number of H-pyrrole nitrogens is 1. The summed E-state index contributed by atoms with van der Waals surface area (Å²) >= 11 is 0. The van der Waals surface area contributed by atoms with Gasteiger partial charge in [0.25, 0.3) is 0 Å². The Kier molecular flexibility index (Phi) is 3.12. The minimum absolute atomic E-state index is 0.172. The maximum absolute atomic E-state index is 8.90. The number of aromatic amines is 1. The molecule has 2 aromatic heterocycles. The SMILES string of the molecule is OCCCc1nc2ccc(-c3nc4ccccc4o3)cc2[nH]1. The van der Waals surface area contributed by atoms with Crippen LogP contribution in [0.15, 0.2) is 46.9 Å². The lowest BCUT2D eigenvalue weighted by Gasteiger charge is -1.94. The Bertz CT molecular complexity index is 906. The van der Waals surface area contributed by atoms with E-state index in [4.69, 9.17) is 9.52 Å². The molecule has 4 rings (SSSR count). The van der Waals surface area contributed by atoms with Gasteiger partial charge in [0, 0.05) is 18.6 Å². The van der Waals surface area contributed by atoms with Gasteiger partial charge in [0.1, 0.15) is 11.3 Å². The van der Waals surface area contributed by atoms with Crippen molar-refractivity contribution in [2.75, 3.05) is 6.61 Å². The number of nitrogens with zero attached hydrogens (tertiary/aromatic N) is 2. The Hall–Kier alpha value is -2.66. The van der Waals surface area contributed by atoms with Gasteiger partial charge < -0.3 is 14.5 Å². The zero-order chi connectivity index (χ0) is 14.9. The summed E-state index contributed by atoms with van der Waals surface area (Å²) < 4.78 is 5.80. The molecule has 2 aromatic carbocycles. The molecular formula is C17H15N3O2. The van der Waals surface area contributed by atoms with Gasteiger partial charge in [-0.2, -0.15) is 0 Å². The Balaban J connectivity index is 1.74. The molecular weight excluding hydrogens is 278 g/mol. The third-order valence-corrected chi connectivity index (χ3v) is 3.64. The number of imidazole rings is 1. The van der Waals surface area contributed by atoms with Gasteiger partial charge in [-0.3, -0.25) is 0 Å². The highest BCUT2D eigenvalue weighted by molar-refractivity contribution is 5.82. The topological polar surface area (TPSA) is 74.9 Å². The molecule has 2 heterocycles. The molecule has 4 aromatic rings. The Morgan fingerprint density at radius 3 is 2.82 bits per heavy atom. The van der Waals surface area contributed by atoms with Gasteiger partial charge in [-0.15, -0.1) is 0 Å². The van der Waals surface area contributed by atoms with Crippen LogP contribution in [0.5, 0.6) is 0 Å². The van der Waals surface area contributed by atoms with Crippen LogP contribution in [0.3, 0.4) is 0 Å². The number of aliphatic hydroxyl groups excluding tert-OH is 1. The fourth-order valence-corrected chi connectivity index (χ4v) is 2.56. The number of hydrogen-bond acceptors (Lipinski definition) is 4. The number of oxazole rings is 1. The Labute approximate surface area is 126 Å². The molecule has 0 saturated carbocycles. The van der Waals surface area contributed by atoms with Crippen LogP contribution < -0.4 is 0 Å². The van der Waals surface area contributed by atoms with E-state index in [-0.39, 0.29) is 6.61 Å². The number of aryl methyl sites for hydroxylation is 1. The lowest BCUT2D eigenvalue weighted by atomic mass is 10.2. The highest BCUT2D eigenvalue weighted by Crippen LogP contribution is 2.26. The summed E-state index contributed by atoms with van der Waals surface area (Å²) in [7, 11) is 0. The van der Waals surface area contributed by atoms with E-state index < -0.39 is 0 Å². The van der Waals surface area contributed by atoms with Crippen molar-refractivity contribution in [3.8, 4) is 11.5 Å². The van der Waals surface area contributed by atoms with Gasteiger partial charge in [-0.25, -0.2) is 9.97 Å². The molecule has 0 unspecified atom stereocenters. The fraction of sp³-hybridized carbons (Fsp3) is 0.176. The normalized spacial score (nSPS) is 11.5. The molecule has 0 bridgehead atoms. The smallest absolute Gasteiger partial charge is 0.227 e. The number of fused-ring (bicyclic) bond motifs is 2. The van der Waals surface area contributed by atoms with Crippen LogP contribution in [-0.4, -0.2) is 26.7 Å². The molecule has 2 N–H and O–H groups in total. The van der Waals surface area contributed by atoms with Gasteiger partial charge in [-0.05, 0) is 36.8 Å². The van der Waals surface area contributed by atoms with Crippen LogP contribution in [0.1, 0.15) is 12.2 Å². The van der Waals surface area contributed by atoms with E-state index in [1.165, 1.54) is 0 Å². The van der Waals surface area contributed by atoms with Crippen molar-refractivity contribution in [2.45, 2.75) is 12.8 Å². The number of benzene rings is 2. The summed E-state index contributed by atoms with van der Waals surface area (Å²) in [6, 6.07) is 13.6. The van der Waals surface area contributed by atoms with Crippen molar-refractivity contribution in [3.05, 3.63) is 48.3 Å².